The summed E-state index contributed by atoms with van der Waals surface area (Å²) in [6.45, 7) is 4.92. The van der Waals surface area contributed by atoms with E-state index in [9.17, 15) is 14.4 Å². The molecule has 0 fully saturated rings. The van der Waals surface area contributed by atoms with Gasteiger partial charge in [-0.3, -0.25) is 23.7 Å². The molecular weight excluding hydrogens is 418 g/mol. The molecule has 0 atom stereocenters. The first-order valence-electron chi connectivity index (χ1n) is 9.99. The number of carbonyl (C=O) groups is 1. The van der Waals surface area contributed by atoms with Crippen molar-refractivity contribution in [3.63, 3.8) is 0 Å². The average molecular weight is 444 g/mol. The predicted molar refractivity (Wildman–Crippen MR) is 119 cm³/mol. The monoisotopic (exact) mass is 443 g/mol. The highest BCUT2D eigenvalue weighted by atomic mass is 32.2. The number of thioether (sulfide) groups is 1. The van der Waals surface area contributed by atoms with Crippen LogP contribution in [-0.2, 0) is 20.1 Å². The quantitative estimate of drug-likeness (QED) is 0.390. The lowest BCUT2D eigenvalue weighted by Gasteiger charge is -2.14. The maximum atomic E-state index is 12.9. The molecule has 0 amide bonds. The summed E-state index contributed by atoms with van der Waals surface area (Å²) in [6, 6.07) is 3.69. The number of Topliss-reactive ketones (excluding diaryl/α,β-unsaturated/α-hetero) is 1. The Balaban J connectivity index is 1.91. The van der Waals surface area contributed by atoms with E-state index in [2.05, 4.69) is 15.2 Å². The molecule has 0 bridgehead atoms. The number of aromatic nitrogens is 6. The molecule has 2 N–H and O–H groups in total. The molecule has 0 aliphatic carbocycles. The average Bonchev–Trinajstić information content (AvgIpc) is 3.17. The van der Waals surface area contributed by atoms with Gasteiger partial charge in [-0.05, 0) is 25.0 Å². The van der Waals surface area contributed by atoms with Crippen LogP contribution in [0.5, 0.6) is 0 Å². The largest absolute Gasteiger partial charge is 0.384 e. The molecule has 0 aliphatic rings. The van der Waals surface area contributed by atoms with Crippen LogP contribution in [0.4, 0.5) is 5.82 Å². The van der Waals surface area contributed by atoms with Crippen molar-refractivity contribution in [3.8, 4) is 11.4 Å². The maximum absolute atomic E-state index is 12.9. The van der Waals surface area contributed by atoms with Crippen LogP contribution in [0.3, 0.4) is 0 Å². The minimum Gasteiger partial charge on any atom is -0.384 e. The Labute approximate surface area is 183 Å². The van der Waals surface area contributed by atoms with Gasteiger partial charge < -0.3 is 10.3 Å². The van der Waals surface area contributed by atoms with E-state index in [1.54, 1.807) is 12.4 Å². The molecule has 3 heterocycles. The molecular formula is C20H25N7O3S. The normalized spacial score (nSPS) is 11.1. The fourth-order valence-electron chi connectivity index (χ4n) is 3.22. The van der Waals surface area contributed by atoms with Gasteiger partial charge in [-0.1, -0.05) is 25.6 Å². The van der Waals surface area contributed by atoms with Gasteiger partial charge in [0.15, 0.2) is 16.8 Å². The zero-order valence-electron chi connectivity index (χ0n) is 17.7. The van der Waals surface area contributed by atoms with Crippen LogP contribution >= 0.6 is 11.8 Å². The van der Waals surface area contributed by atoms with E-state index in [0.717, 1.165) is 16.6 Å². The second-order valence-corrected chi connectivity index (χ2v) is 7.91. The van der Waals surface area contributed by atoms with Crippen molar-refractivity contribution in [3.05, 3.63) is 50.9 Å². The second kappa shape index (κ2) is 9.73. The van der Waals surface area contributed by atoms with Gasteiger partial charge in [-0.15, -0.1) is 10.2 Å². The fraction of sp³-hybridized carbons (Fsp3) is 0.400. The van der Waals surface area contributed by atoms with E-state index >= 15 is 0 Å². The van der Waals surface area contributed by atoms with Gasteiger partial charge in [-0.25, -0.2) is 4.79 Å². The molecule has 0 unspecified atom stereocenters. The second-order valence-electron chi connectivity index (χ2n) is 6.96. The summed E-state index contributed by atoms with van der Waals surface area (Å²) in [6.07, 6.45) is 4.86. The summed E-state index contributed by atoms with van der Waals surface area (Å²) < 4.78 is 4.12. The SMILES string of the molecule is CCCn1c(SCC(=O)c2c(N)n(CCC)c(=O)n(C)c2=O)nnc1-c1ccncc1. The van der Waals surface area contributed by atoms with Crippen LogP contribution in [-0.4, -0.2) is 40.4 Å². The molecule has 0 saturated heterocycles. The number of nitrogen functional groups attached to an aromatic ring is 1. The lowest BCUT2D eigenvalue weighted by atomic mass is 10.2. The van der Waals surface area contributed by atoms with Crippen LogP contribution in [0.25, 0.3) is 11.4 Å². The Kier molecular flexibility index (Phi) is 7.06. The lowest BCUT2D eigenvalue weighted by Crippen LogP contribution is -2.42. The Morgan fingerprint density at radius 1 is 1.06 bits per heavy atom. The van der Waals surface area contributed by atoms with Crippen molar-refractivity contribution in [1.29, 1.82) is 0 Å². The number of rotatable bonds is 9. The first-order chi connectivity index (χ1) is 14.9. The number of nitrogens with two attached hydrogens (primary N) is 1. The van der Waals surface area contributed by atoms with Crippen LogP contribution in [0, 0.1) is 0 Å². The van der Waals surface area contributed by atoms with Crippen LogP contribution in [0.15, 0.2) is 39.3 Å². The van der Waals surface area contributed by atoms with Crippen molar-refractivity contribution in [2.45, 2.75) is 44.9 Å². The third-order valence-electron chi connectivity index (χ3n) is 4.74. The number of carbonyl (C=O) groups excluding carboxylic acids is 1. The highest BCUT2D eigenvalue weighted by molar-refractivity contribution is 7.99. The van der Waals surface area contributed by atoms with Gasteiger partial charge >= 0.3 is 5.69 Å². The van der Waals surface area contributed by atoms with Crippen LogP contribution in [0.1, 0.15) is 37.0 Å². The van der Waals surface area contributed by atoms with Gasteiger partial charge in [0, 0.05) is 38.1 Å². The number of ketones is 1. The van der Waals surface area contributed by atoms with Gasteiger partial charge in [0.1, 0.15) is 11.4 Å². The minimum absolute atomic E-state index is 0.0536. The minimum atomic E-state index is -0.687. The third-order valence-corrected chi connectivity index (χ3v) is 5.71. The molecule has 0 saturated carbocycles. The van der Waals surface area contributed by atoms with E-state index in [1.165, 1.54) is 23.4 Å². The van der Waals surface area contributed by atoms with E-state index in [1.807, 2.05) is 30.5 Å². The molecule has 10 nitrogen and oxygen atoms in total. The summed E-state index contributed by atoms with van der Waals surface area (Å²) in [4.78, 5) is 41.8. The molecule has 3 aromatic heterocycles. The van der Waals surface area contributed by atoms with Gasteiger partial charge in [0.2, 0.25) is 0 Å². The zero-order valence-corrected chi connectivity index (χ0v) is 18.6. The van der Waals surface area contributed by atoms with Crippen LogP contribution in [0.2, 0.25) is 0 Å². The summed E-state index contributed by atoms with van der Waals surface area (Å²) in [5, 5.41) is 9.07. The lowest BCUT2D eigenvalue weighted by molar-refractivity contribution is 0.102. The molecule has 164 valence electrons. The third kappa shape index (κ3) is 4.46. The number of pyridine rings is 1. The molecule has 0 aromatic carbocycles. The predicted octanol–water partition coefficient (Wildman–Crippen LogP) is 1.58. The van der Waals surface area contributed by atoms with Gasteiger partial charge in [-0.2, -0.15) is 0 Å². The molecule has 3 rings (SSSR count). The van der Waals surface area contributed by atoms with E-state index in [0.29, 0.717) is 30.5 Å². The van der Waals surface area contributed by atoms with Crippen molar-refractivity contribution < 1.29 is 4.79 Å². The Morgan fingerprint density at radius 2 is 1.71 bits per heavy atom. The fourth-order valence-corrected chi connectivity index (χ4v) is 4.06. The van der Waals surface area contributed by atoms with E-state index < -0.39 is 17.0 Å². The van der Waals surface area contributed by atoms with E-state index in [-0.39, 0.29) is 17.1 Å². The van der Waals surface area contributed by atoms with E-state index in [4.69, 9.17) is 5.73 Å². The summed E-state index contributed by atoms with van der Waals surface area (Å²) in [5.41, 5.74) is 5.54. The van der Waals surface area contributed by atoms with Crippen LogP contribution < -0.4 is 17.0 Å². The molecule has 0 spiro atoms. The molecule has 31 heavy (non-hydrogen) atoms. The number of hydrogen-bond acceptors (Lipinski definition) is 8. The summed E-state index contributed by atoms with van der Waals surface area (Å²) >= 11 is 1.19. The molecule has 0 radical (unpaired) electrons. The Bertz CT molecular complexity index is 1200. The molecule has 0 aliphatic heterocycles. The Hall–Kier alpha value is -3.21. The maximum Gasteiger partial charge on any atom is 0.332 e. The highest BCUT2D eigenvalue weighted by Crippen LogP contribution is 2.24. The first kappa shape index (κ1) is 22.5. The number of hydrogen-bond donors (Lipinski definition) is 1. The number of anilines is 1. The first-order valence-corrected chi connectivity index (χ1v) is 11.0. The summed E-state index contributed by atoms with van der Waals surface area (Å²) in [5.74, 6) is 0.0886. The van der Waals surface area contributed by atoms with Crippen molar-refractivity contribution in [1.82, 2.24) is 28.9 Å². The highest BCUT2D eigenvalue weighted by Gasteiger charge is 2.23. The summed E-state index contributed by atoms with van der Waals surface area (Å²) in [7, 11) is 1.35. The topological polar surface area (TPSA) is 131 Å². The zero-order chi connectivity index (χ0) is 22.5. The smallest absolute Gasteiger partial charge is 0.332 e. The van der Waals surface area contributed by atoms with Crippen molar-refractivity contribution in [2.75, 3.05) is 11.5 Å². The van der Waals surface area contributed by atoms with Gasteiger partial charge in [0.05, 0.1) is 5.75 Å². The molecule has 11 heteroatoms. The standard InChI is InChI=1S/C20H25N7O3S/c1-4-10-26-16(21)15(18(29)25(3)20(26)30)14(28)12-31-19-24-23-17(27(19)11-5-2)13-6-8-22-9-7-13/h6-9H,4-5,10-12,21H2,1-3H3. The van der Waals surface area contributed by atoms with Crippen molar-refractivity contribution >= 4 is 23.4 Å². The van der Waals surface area contributed by atoms with Gasteiger partial charge in [0.25, 0.3) is 5.56 Å². The number of nitrogens with zero attached hydrogens (tertiary/aromatic N) is 6. The Morgan fingerprint density at radius 3 is 2.35 bits per heavy atom. The van der Waals surface area contributed by atoms with Crippen molar-refractivity contribution in [2.24, 2.45) is 7.05 Å². The molecule has 3 aromatic rings.